The van der Waals surface area contributed by atoms with Gasteiger partial charge in [-0.2, -0.15) is 0 Å². The normalized spacial score (nSPS) is 10.5. The molecule has 1 N–H and O–H groups in total. The number of methoxy groups -OCH3 is 2. The number of hydrogen-bond acceptors (Lipinski definition) is 4. The van der Waals surface area contributed by atoms with Crippen LogP contribution in [0, 0.1) is 5.82 Å². The lowest BCUT2D eigenvalue weighted by molar-refractivity contribution is 0.0696. The van der Waals surface area contributed by atoms with Gasteiger partial charge in [-0.1, -0.05) is 0 Å². The summed E-state index contributed by atoms with van der Waals surface area (Å²) in [6.07, 6.45) is 0. The van der Waals surface area contributed by atoms with E-state index in [4.69, 9.17) is 14.6 Å². The lowest BCUT2D eigenvalue weighted by Gasteiger charge is -2.24. The molecule has 19 heavy (non-hydrogen) atoms. The van der Waals surface area contributed by atoms with E-state index in [1.54, 1.807) is 19.1 Å². The van der Waals surface area contributed by atoms with Crippen molar-refractivity contribution in [1.82, 2.24) is 0 Å². The van der Waals surface area contributed by atoms with Gasteiger partial charge in [-0.05, 0) is 18.2 Å². The number of carboxylic acids is 1. The van der Waals surface area contributed by atoms with E-state index in [1.807, 2.05) is 0 Å². The summed E-state index contributed by atoms with van der Waals surface area (Å²) >= 11 is 0. The smallest absolute Gasteiger partial charge is 0.335 e. The zero-order valence-corrected chi connectivity index (χ0v) is 11.1. The van der Waals surface area contributed by atoms with Gasteiger partial charge in [0.05, 0.1) is 24.5 Å². The van der Waals surface area contributed by atoms with Crippen molar-refractivity contribution >= 4 is 11.7 Å². The van der Waals surface area contributed by atoms with Crippen molar-refractivity contribution in [1.29, 1.82) is 0 Å². The molecule has 1 aromatic rings. The highest BCUT2D eigenvalue weighted by molar-refractivity contribution is 5.88. The van der Waals surface area contributed by atoms with Crippen LogP contribution in [0.1, 0.15) is 10.4 Å². The summed E-state index contributed by atoms with van der Waals surface area (Å²) in [5.74, 6) is -1.71. The topological polar surface area (TPSA) is 59.0 Å². The summed E-state index contributed by atoms with van der Waals surface area (Å²) in [7, 11) is 3.14. The molecule has 0 aliphatic carbocycles. The van der Waals surface area contributed by atoms with Crippen LogP contribution in [0.5, 0.6) is 0 Å². The average Bonchev–Trinajstić information content (AvgIpc) is 2.39. The lowest BCUT2D eigenvalue weighted by Crippen LogP contribution is -2.31. The second-order valence-electron chi connectivity index (χ2n) is 3.94. The van der Waals surface area contributed by atoms with Gasteiger partial charge in [-0.3, -0.25) is 0 Å². The molecule has 0 atom stereocenters. The minimum absolute atomic E-state index is 0.0697. The Morgan fingerprint density at radius 3 is 2.26 bits per heavy atom. The number of carboxylic acid groups (broad SMARTS) is 1. The number of halogens is 1. The van der Waals surface area contributed by atoms with Crippen LogP contribution in [0.15, 0.2) is 18.2 Å². The number of rotatable bonds is 8. The Kier molecular flexibility index (Phi) is 6.24. The molecule has 1 aromatic carbocycles. The molecule has 106 valence electrons. The minimum Gasteiger partial charge on any atom is -0.478 e. The number of hydrogen-bond donors (Lipinski definition) is 1. The molecule has 6 heteroatoms. The Bertz CT molecular complexity index is 417. The molecule has 0 unspecified atom stereocenters. The molecule has 0 fully saturated rings. The van der Waals surface area contributed by atoms with Gasteiger partial charge in [0.2, 0.25) is 0 Å². The number of anilines is 1. The fourth-order valence-electron chi connectivity index (χ4n) is 1.65. The summed E-state index contributed by atoms with van der Waals surface area (Å²) in [6, 6.07) is 3.86. The third-order valence-corrected chi connectivity index (χ3v) is 2.67. The molecule has 0 spiro atoms. The van der Waals surface area contributed by atoms with Gasteiger partial charge in [0, 0.05) is 27.3 Å². The van der Waals surface area contributed by atoms with Gasteiger partial charge >= 0.3 is 5.97 Å². The number of benzene rings is 1. The molecule has 0 aromatic heterocycles. The third-order valence-electron chi connectivity index (χ3n) is 2.67. The summed E-state index contributed by atoms with van der Waals surface area (Å²) < 4.78 is 23.9. The Morgan fingerprint density at radius 2 is 1.84 bits per heavy atom. The highest BCUT2D eigenvalue weighted by atomic mass is 19.1. The van der Waals surface area contributed by atoms with Gasteiger partial charge in [-0.15, -0.1) is 0 Å². The number of ether oxygens (including phenoxy) is 2. The molecule has 0 aliphatic rings. The van der Waals surface area contributed by atoms with Crippen LogP contribution in [0.3, 0.4) is 0 Å². The van der Waals surface area contributed by atoms with Crippen molar-refractivity contribution in [2.24, 2.45) is 0 Å². The van der Waals surface area contributed by atoms with Crippen LogP contribution in [-0.4, -0.2) is 51.6 Å². The van der Waals surface area contributed by atoms with Crippen LogP contribution < -0.4 is 4.90 Å². The fourth-order valence-corrected chi connectivity index (χ4v) is 1.65. The Hall–Kier alpha value is -1.66. The summed E-state index contributed by atoms with van der Waals surface area (Å²) in [4.78, 5) is 12.5. The van der Waals surface area contributed by atoms with E-state index in [1.165, 1.54) is 12.1 Å². The fraction of sp³-hybridized carbons (Fsp3) is 0.462. The maximum absolute atomic E-state index is 13.9. The highest BCUT2D eigenvalue weighted by Gasteiger charge is 2.14. The first-order valence-corrected chi connectivity index (χ1v) is 5.85. The van der Waals surface area contributed by atoms with Gasteiger partial charge < -0.3 is 19.5 Å². The van der Waals surface area contributed by atoms with Gasteiger partial charge in [0.25, 0.3) is 0 Å². The van der Waals surface area contributed by atoms with Crippen LogP contribution >= 0.6 is 0 Å². The largest absolute Gasteiger partial charge is 0.478 e. The first kappa shape index (κ1) is 15.4. The highest BCUT2D eigenvalue weighted by Crippen LogP contribution is 2.20. The van der Waals surface area contributed by atoms with Crippen molar-refractivity contribution in [3.8, 4) is 0 Å². The van der Waals surface area contributed by atoms with E-state index in [0.29, 0.717) is 32.0 Å². The van der Waals surface area contributed by atoms with Crippen molar-refractivity contribution in [3.05, 3.63) is 29.6 Å². The van der Waals surface area contributed by atoms with Gasteiger partial charge in [0.15, 0.2) is 0 Å². The van der Waals surface area contributed by atoms with E-state index < -0.39 is 11.8 Å². The van der Waals surface area contributed by atoms with Crippen molar-refractivity contribution < 1.29 is 23.8 Å². The maximum Gasteiger partial charge on any atom is 0.335 e. The third kappa shape index (κ3) is 4.50. The van der Waals surface area contributed by atoms with E-state index in [-0.39, 0.29) is 5.56 Å². The van der Waals surface area contributed by atoms with Crippen molar-refractivity contribution in [3.63, 3.8) is 0 Å². The maximum atomic E-state index is 13.9. The van der Waals surface area contributed by atoms with Crippen LogP contribution in [0.4, 0.5) is 10.1 Å². The molecule has 0 heterocycles. The summed E-state index contributed by atoms with van der Waals surface area (Å²) in [5, 5.41) is 8.80. The number of carbonyl (C=O) groups is 1. The van der Waals surface area contributed by atoms with E-state index >= 15 is 0 Å². The zero-order valence-electron chi connectivity index (χ0n) is 11.1. The van der Waals surface area contributed by atoms with Crippen LogP contribution in [0.25, 0.3) is 0 Å². The van der Waals surface area contributed by atoms with E-state index in [0.717, 1.165) is 6.07 Å². The first-order valence-electron chi connectivity index (χ1n) is 5.85. The summed E-state index contributed by atoms with van der Waals surface area (Å²) in [6.45, 7) is 1.90. The predicted molar refractivity (Wildman–Crippen MR) is 69.3 cm³/mol. The molecule has 0 amide bonds. The molecule has 0 saturated carbocycles. The SMILES string of the molecule is COCCN(CCOC)c1ccc(C(=O)O)cc1F. The predicted octanol–water partition coefficient (Wildman–Crippen LogP) is 1.62. The Labute approximate surface area is 111 Å². The molecular formula is C13H18FNO4. The lowest BCUT2D eigenvalue weighted by atomic mass is 10.2. The monoisotopic (exact) mass is 271 g/mol. The van der Waals surface area contributed by atoms with E-state index in [9.17, 15) is 9.18 Å². The standard InChI is InChI=1S/C13H18FNO4/c1-18-7-5-15(6-8-19-2)12-4-3-10(13(16)17)9-11(12)14/h3-4,9H,5-8H2,1-2H3,(H,16,17). The zero-order chi connectivity index (χ0) is 14.3. The van der Waals surface area contributed by atoms with Gasteiger partial charge in [-0.25, -0.2) is 9.18 Å². The Morgan fingerprint density at radius 1 is 1.26 bits per heavy atom. The first-order chi connectivity index (χ1) is 9.10. The number of aromatic carboxylic acids is 1. The van der Waals surface area contributed by atoms with Crippen LogP contribution in [-0.2, 0) is 9.47 Å². The second-order valence-corrected chi connectivity index (χ2v) is 3.94. The Balaban J connectivity index is 2.90. The second kappa shape index (κ2) is 7.70. The molecule has 0 radical (unpaired) electrons. The molecule has 0 aliphatic heterocycles. The summed E-state index contributed by atoms with van der Waals surface area (Å²) in [5.41, 5.74) is 0.277. The average molecular weight is 271 g/mol. The van der Waals surface area contributed by atoms with Crippen molar-refractivity contribution in [2.75, 3.05) is 45.4 Å². The molecule has 0 bridgehead atoms. The molecule has 0 saturated heterocycles. The van der Waals surface area contributed by atoms with E-state index in [2.05, 4.69) is 0 Å². The molecular weight excluding hydrogens is 253 g/mol. The quantitative estimate of drug-likeness (QED) is 0.778. The number of nitrogens with zero attached hydrogens (tertiary/aromatic N) is 1. The minimum atomic E-state index is -1.15. The van der Waals surface area contributed by atoms with Gasteiger partial charge in [0.1, 0.15) is 5.82 Å². The van der Waals surface area contributed by atoms with Crippen molar-refractivity contribution in [2.45, 2.75) is 0 Å². The molecule has 5 nitrogen and oxygen atoms in total. The molecule has 1 rings (SSSR count). The van der Waals surface area contributed by atoms with Crippen LogP contribution in [0.2, 0.25) is 0 Å².